The second-order valence-corrected chi connectivity index (χ2v) is 5.58. The molecule has 0 spiro atoms. The Kier molecular flexibility index (Phi) is 2.52. The monoisotopic (exact) mass is 254 g/mol. The Bertz CT molecular complexity index is 336. The lowest BCUT2D eigenvalue weighted by Gasteiger charge is -2.07. The predicted molar refractivity (Wildman–Crippen MR) is 62.3 cm³/mol. The van der Waals surface area contributed by atoms with Gasteiger partial charge in [0.2, 0.25) is 0 Å². The van der Waals surface area contributed by atoms with E-state index in [-0.39, 0.29) is 0 Å². The van der Waals surface area contributed by atoms with Crippen molar-refractivity contribution in [3.05, 3.63) is 22.9 Å². The van der Waals surface area contributed by atoms with Gasteiger partial charge in [-0.3, -0.25) is 4.98 Å². The third-order valence-corrected chi connectivity index (χ3v) is 3.41. The van der Waals surface area contributed by atoms with E-state index in [0.717, 1.165) is 22.6 Å². The minimum Gasteiger partial charge on any atom is -0.383 e. The first-order chi connectivity index (χ1) is 6.58. The van der Waals surface area contributed by atoms with E-state index in [0.29, 0.717) is 5.41 Å². The summed E-state index contributed by atoms with van der Waals surface area (Å²) >= 11 is 3.40. The van der Waals surface area contributed by atoms with Crippen LogP contribution in [0.4, 0.5) is 5.69 Å². The van der Waals surface area contributed by atoms with Crippen molar-refractivity contribution < 1.29 is 0 Å². The third-order valence-electron chi connectivity index (χ3n) is 2.98. The molecule has 1 aliphatic rings. The summed E-state index contributed by atoms with van der Waals surface area (Å²) in [7, 11) is 0. The molecule has 1 N–H and O–H groups in total. The first-order valence-corrected chi connectivity index (χ1v) is 5.72. The van der Waals surface area contributed by atoms with Crippen molar-refractivity contribution >= 4 is 21.6 Å². The zero-order valence-electron chi connectivity index (χ0n) is 8.55. The van der Waals surface area contributed by atoms with E-state index in [9.17, 15) is 0 Å². The van der Waals surface area contributed by atoms with Gasteiger partial charge in [0.15, 0.2) is 0 Å². The average molecular weight is 255 g/mol. The van der Waals surface area contributed by atoms with E-state index in [1.54, 1.807) is 6.20 Å². The minimum absolute atomic E-state index is 0.548. The summed E-state index contributed by atoms with van der Waals surface area (Å²) in [4.78, 5) is 4.11. The summed E-state index contributed by atoms with van der Waals surface area (Å²) in [5.41, 5.74) is 1.65. The number of hydrogen-bond acceptors (Lipinski definition) is 2. The van der Waals surface area contributed by atoms with Crippen LogP contribution in [0.3, 0.4) is 0 Å². The molecular formula is C11H15BrN2. The molecule has 0 bridgehead atoms. The van der Waals surface area contributed by atoms with E-state index in [2.05, 4.69) is 46.1 Å². The van der Waals surface area contributed by atoms with Crippen molar-refractivity contribution in [3.63, 3.8) is 0 Å². The van der Waals surface area contributed by atoms with Gasteiger partial charge in [-0.1, -0.05) is 13.8 Å². The normalized spacial score (nSPS) is 23.2. The van der Waals surface area contributed by atoms with Crippen molar-refractivity contribution in [2.24, 2.45) is 11.3 Å². The molecule has 1 aromatic heterocycles. The number of rotatable bonds is 3. The third kappa shape index (κ3) is 2.27. The molecule has 1 unspecified atom stereocenters. The van der Waals surface area contributed by atoms with Crippen LogP contribution in [0.2, 0.25) is 0 Å². The second kappa shape index (κ2) is 3.54. The quantitative estimate of drug-likeness (QED) is 0.896. The number of hydrogen-bond donors (Lipinski definition) is 1. The Balaban J connectivity index is 1.87. The Morgan fingerprint density at radius 3 is 2.86 bits per heavy atom. The average Bonchev–Trinajstić information content (AvgIpc) is 2.71. The Labute approximate surface area is 93.3 Å². The van der Waals surface area contributed by atoms with Crippen molar-refractivity contribution in [1.82, 2.24) is 4.98 Å². The molecule has 2 nitrogen and oxygen atoms in total. The molecule has 14 heavy (non-hydrogen) atoms. The van der Waals surface area contributed by atoms with Gasteiger partial charge in [0.25, 0.3) is 0 Å². The summed E-state index contributed by atoms with van der Waals surface area (Å²) in [5, 5.41) is 3.41. The molecule has 76 valence electrons. The minimum atomic E-state index is 0.548. The highest BCUT2D eigenvalue weighted by Crippen LogP contribution is 2.51. The maximum atomic E-state index is 4.11. The van der Waals surface area contributed by atoms with E-state index in [1.807, 2.05) is 6.20 Å². The van der Waals surface area contributed by atoms with E-state index in [1.165, 1.54) is 6.42 Å². The SMILES string of the molecule is CC1(C)CC1CNc1cncc(Br)c1. The first kappa shape index (κ1) is 9.97. The first-order valence-electron chi connectivity index (χ1n) is 4.92. The zero-order valence-corrected chi connectivity index (χ0v) is 10.1. The fourth-order valence-corrected chi connectivity index (χ4v) is 2.04. The van der Waals surface area contributed by atoms with E-state index < -0.39 is 0 Å². The van der Waals surface area contributed by atoms with Crippen LogP contribution in [0.1, 0.15) is 20.3 Å². The van der Waals surface area contributed by atoms with Crippen LogP contribution in [0, 0.1) is 11.3 Å². The van der Waals surface area contributed by atoms with Crippen molar-refractivity contribution in [3.8, 4) is 0 Å². The number of halogens is 1. The van der Waals surface area contributed by atoms with Crippen molar-refractivity contribution in [1.29, 1.82) is 0 Å². The standard InChI is InChI=1S/C11H15BrN2/c1-11(2)4-8(11)5-14-10-3-9(12)6-13-7-10/h3,6-8,14H,4-5H2,1-2H3. The Hall–Kier alpha value is -0.570. The lowest BCUT2D eigenvalue weighted by Crippen LogP contribution is -2.07. The smallest absolute Gasteiger partial charge is 0.0538 e. The van der Waals surface area contributed by atoms with Crippen LogP contribution >= 0.6 is 15.9 Å². The Morgan fingerprint density at radius 1 is 1.57 bits per heavy atom. The fraction of sp³-hybridized carbons (Fsp3) is 0.545. The molecule has 0 amide bonds. The maximum Gasteiger partial charge on any atom is 0.0538 e. The summed E-state index contributed by atoms with van der Waals surface area (Å²) in [6, 6.07) is 2.06. The molecule has 0 saturated heterocycles. The van der Waals surface area contributed by atoms with Gasteiger partial charge in [-0.2, -0.15) is 0 Å². The lowest BCUT2D eigenvalue weighted by atomic mass is 10.1. The van der Waals surface area contributed by atoms with Gasteiger partial charge in [0.1, 0.15) is 0 Å². The van der Waals surface area contributed by atoms with Gasteiger partial charge in [-0.05, 0) is 39.8 Å². The predicted octanol–water partition coefficient (Wildman–Crippen LogP) is 3.30. The number of aromatic nitrogens is 1. The number of anilines is 1. The van der Waals surface area contributed by atoms with Gasteiger partial charge < -0.3 is 5.32 Å². The molecule has 1 atom stereocenters. The van der Waals surface area contributed by atoms with Crippen LogP contribution in [0.5, 0.6) is 0 Å². The molecule has 1 aromatic rings. The van der Waals surface area contributed by atoms with Crippen LogP contribution < -0.4 is 5.32 Å². The molecule has 0 aromatic carbocycles. The number of nitrogens with one attached hydrogen (secondary N) is 1. The lowest BCUT2D eigenvalue weighted by molar-refractivity contribution is 0.573. The van der Waals surface area contributed by atoms with Gasteiger partial charge in [0, 0.05) is 17.2 Å². The van der Waals surface area contributed by atoms with Gasteiger partial charge in [0.05, 0.1) is 11.9 Å². The van der Waals surface area contributed by atoms with E-state index in [4.69, 9.17) is 0 Å². The molecule has 1 fully saturated rings. The largest absolute Gasteiger partial charge is 0.383 e. The summed E-state index contributed by atoms with van der Waals surface area (Å²) in [6.45, 7) is 5.70. The molecule has 2 rings (SSSR count). The van der Waals surface area contributed by atoms with Crippen molar-refractivity contribution in [2.45, 2.75) is 20.3 Å². The highest BCUT2D eigenvalue weighted by molar-refractivity contribution is 9.10. The number of pyridine rings is 1. The van der Waals surface area contributed by atoms with Crippen LogP contribution in [-0.4, -0.2) is 11.5 Å². The van der Waals surface area contributed by atoms with Crippen LogP contribution in [0.25, 0.3) is 0 Å². The van der Waals surface area contributed by atoms with Crippen LogP contribution in [-0.2, 0) is 0 Å². The van der Waals surface area contributed by atoms with Crippen molar-refractivity contribution in [2.75, 3.05) is 11.9 Å². The zero-order chi connectivity index (χ0) is 10.2. The molecule has 0 aliphatic heterocycles. The van der Waals surface area contributed by atoms with Gasteiger partial charge in [-0.15, -0.1) is 0 Å². The number of nitrogens with zero attached hydrogens (tertiary/aromatic N) is 1. The summed E-state index contributed by atoms with van der Waals surface area (Å²) in [5.74, 6) is 0.821. The molecule has 1 heterocycles. The summed E-state index contributed by atoms with van der Waals surface area (Å²) in [6.07, 6.45) is 4.99. The highest BCUT2D eigenvalue weighted by Gasteiger charge is 2.44. The maximum absolute atomic E-state index is 4.11. The molecule has 1 aliphatic carbocycles. The summed E-state index contributed by atoms with van der Waals surface area (Å²) < 4.78 is 1.03. The molecule has 0 radical (unpaired) electrons. The Morgan fingerprint density at radius 2 is 2.29 bits per heavy atom. The highest BCUT2D eigenvalue weighted by atomic mass is 79.9. The topological polar surface area (TPSA) is 24.9 Å². The second-order valence-electron chi connectivity index (χ2n) is 4.66. The fourth-order valence-electron chi connectivity index (χ4n) is 1.67. The molecular weight excluding hydrogens is 240 g/mol. The van der Waals surface area contributed by atoms with Gasteiger partial charge >= 0.3 is 0 Å². The van der Waals surface area contributed by atoms with Gasteiger partial charge in [-0.25, -0.2) is 0 Å². The molecule has 1 saturated carbocycles. The molecule has 3 heteroatoms. The van der Waals surface area contributed by atoms with Crippen LogP contribution in [0.15, 0.2) is 22.9 Å². The van der Waals surface area contributed by atoms with E-state index >= 15 is 0 Å².